The van der Waals surface area contributed by atoms with Crippen molar-refractivity contribution in [2.24, 2.45) is 0 Å². The van der Waals surface area contributed by atoms with Gasteiger partial charge in [-0.1, -0.05) is 194 Å². The summed E-state index contributed by atoms with van der Waals surface area (Å²) in [5, 5.41) is 4.46. The van der Waals surface area contributed by atoms with E-state index in [-0.39, 0.29) is 0 Å². The molecule has 11 heteroatoms. The lowest BCUT2D eigenvalue weighted by Crippen LogP contribution is -2.01. The van der Waals surface area contributed by atoms with Gasteiger partial charge in [0.1, 0.15) is 5.69 Å². The smallest absolute Gasteiger partial charge is 0.182 e. The van der Waals surface area contributed by atoms with Crippen molar-refractivity contribution in [3.63, 3.8) is 0 Å². The van der Waals surface area contributed by atoms with Crippen molar-refractivity contribution in [2.75, 3.05) is 0 Å². The van der Waals surface area contributed by atoms with Crippen LogP contribution in [0.3, 0.4) is 0 Å². The first kappa shape index (κ1) is 56.3. The molecular formula is C81H57N11. The fraction of sp³-hybridized carbons (Fsp3) is 0.0494. The first-order valence-electron chi connectivity index (χ1n) is 30.5. The summed E-state index contributed by atoms with van der Waals surface area (Å²) in [5.74, 6) is 2.40. The van der Waals surface area contributed by atoms with Crippen LogP contribution in [0.25, 0.3) is 157 Å². The SMILES string of the molecule is Cc1cc(C)c2ccc3ccc(-c4ccc(-c5cccc(-c6nc(-c7ccccc7)cc(-c7ccccn7)n6)c5)cc4)nc3c2n1.Cc1cc(C)c2ccc3ccc(-c4ccc(-c5cccc(-c6nc(-c7ccccc7)nc(-c7ccccn7)n6)c5)cc4)nc3c2n1. The van der Waals surface area contributed by atoms with E-state index in [0.29, 0.717) is 29.0 Å². The van der Waals surface area contributed by atoms with Crippen LogP contribution in [0.1, 0.15) is 22.5 Å². The van der Waals surface area contributed by atoms with E-state index >= 15 is 0 Å². The molecule has 16 rings (SSSR count). The highest BCUT2D eigenvalue weighted by atomic mass is 15.0. The summed E-state index contributed by atoms with van der Waals surface area (Å²) in [5.41, 5.74) is 23.4. The Kier molecular flexibility index (Phi) is 14.9. The highest BCUT2D eigenvalue weighted by Gasteiger charge is 2.17. The Hall–Kier alpha value is -12.2. The first-order valence-corrected chi connectivity index (χ1v) is 30.5. The van der Waals surface area contributed by atoms with E-state index < -0.39 is 0 Å². The minimum Gasteiger partial charge on any atom is -0.255 e. The van der Waals surface area contributed by atoms with Crippen LogP contribution in [0.15, 0.2) is 273 Å². The lowest BCUT2D eigenvalue weighted by Gasteiger charge is -2.11. The molecule has 0 aliphatic rings. The van der Waals surface area contributed by atoms with Gasteiger partial charge < -0.3 is 0 Å². The maximum Gasteiger partial charge on any atom is 0.182 e. The molecule has 0 radical (unpaired) electrons. The van der Waals surface area contributed by atoms with E-state index in [2.05, 4.69) is 182 Å². The third kappa shape index (κ3) is 11.5. The second-order valence-electron chi connectivity index (χ2n) is 22.9. The van der Waals surface area contributed by atoms with Crippen LogP contribution in [0.2, 0.25) is 0 Å². The van der Waals surface area contributed by atoms with Crippen LogP contribution in [-0.2, 0) is 0 Å². The average Bonchev–Trinajstić information content (AvgIpc) is 0.830. The molecule has 16 aromatic rings. The summed E-state index contributed by atoms with van der Waals surface area (Å²) in [4.78, 5) is 53.4. The summed E-state index contributed by atoms with van der Waals surface area (Å²) in [7, 11) is 0. The molecule has 0 unspecified atom stereocenters. The Balaban J connectivity index is 0.000000153. The van der Waals surface area contributed by atoms with Gasteiger partial charge in [0.05, 0.1) is 50.5 Å². The average molecular weight is 1180 g/mol. The summed E-state index contributed by atoms with van der Waals surface area (Å²) in [6, 6.07) is 88.8. The lowest BCUT2D eigenvalue weighted by molar-refractivity contribution is 1.06. The maximum absolute atomic E-state index is 5.09. The number of hydrogen-bond donors (Lipinski definition) is 0. The van der Waals surface area contributed by atoms with Crippen molar-refractivity contribution in [2.45, 2.75) is 27.7 Å². The van der Waals surface area contributed by atoms with E-state index in [1.807, 2.05) is 117 Å². The van der Waals surface area contributed by atoms with Crippen molar-refractivity contribution in [3.05, 3.63) is 296 Å². The predicted octanol–water partition coefficient (Wildman–Crippen LogP) is 19.2. The summed E-state index contributed by atoms with van der Waals surface area (Å²) in [6.07, 6.45) is 3.54. The minimum absolute atomic E-state index is 0.537. The highest BCUT2D eigenvalue weighted by molar-refractivity contribution is 6.06. The van der Waals surface area contributed by atoms with Crippen molar-refractivity contribution < 1.29 is 0 Å². The Morgan fingerprint density at radius 2 is 0.609 bits per heavy atom. The standard InChI is InChI=1S/C41H29N5.C40H28N6/c1-26-23-27(2)43-40-34(26)20-18-31-19-21-35(44-39(31)40)30-16-14-28(15-17-30)32-11-8-12-33(24-32)41-45-37(29-9-4-3-5-10-29)25-38(46-41)36-13-6-7-22-42-36;1-25-23-26(2)42-37-33(25)20-18-29-19-21-34(43-36(29)37)28-16-14-27(15-17-28)31-11-8-12-32(24-31)39-44-38(30-9-4-3-5-10-30)45-40(46-39)35-13-6-7-22-41-35/h3-25H,1-2H3;3-24H,1-2H3. The number of fused-ring (bicyclic) bond motifs is 6. The zero-order valence-corrected chi connectivity index (χ0v) is 50.9. The van der Waals surface area contributed by atoms with Crippen LogP contribution in [0.4, 0.5) is 0 Å². The fourth-order valence-corrected chi connectivity index (χ4v) is 11.9. The molecule has 0 aliphatic carbocycles. The molecule has 0 saturated carbocycles. The monoisotopic (exact) mass is 1180 g/mol. The molecule has 8 aromatic carbocycles. The van der Waals surface area contributed by atoms with Gasteiger partial charge in [0.15, 0.2) is 23.3 Å². The van der Waals surface area contributed by atoms with Crippen LogP contribution in [0, 0.1) is 27.7 Å². The van der Waals surface area contributed by atoms with Gasteiger partial charge >= 0.3 is 0 Å². The molecular weight excluding hydrogens is 1130 g/mol. The molecule has 11 nitrogen and oxygen atoms in total. The number of rotatable bonds is 10. The molecule has 0 spiro atoms. The van der Waals surface area contributed by atoms with Gasteiger partial charge in [-0.05, 0) is 128 Å². The van der Waals surface area contributed by atoms with Crippen LogP contribution in [0.5, 0.6) is 0 Å². The number of aromatic nitrogens is 11. The van der Waals surface area contributed by atoms with E-state index in [1.54, 1.807) is 12.4 Å². The molecule has 8 aromatic heterocycles. The first-order chi connectivity index (χ1) is 45.2. The van der Waals surface area contributed by atoms with E-state index in [1.165, 1.54) is 11.1 Å². The van der Waals surface area contributed by atoms with E-state index in [9.17, 15) is 0 Å². The summed E-state index contributed by atoms with van der Waals surface area (Å²) >= 11 is 0. The van der Waals surface area contributed by atoms with Gasteiger partial charge in [-0.3, -0.25) is 19.9 Å². The Morgan fingerprint density at radius 3 is 1.12 bits per heavy atom. The Labute approximate surface area is 532 Å². The van der Waals surface area contributed by atoms with Gasteiger partial charge in [0, 0.05) is 78.7 Å². The number of benzene rings is 8. The molecule has 0 atom stereocenters. The molecule has 92 heavy (non-hydrogen) atoms. The second kappa shape index (κ2) is 24.4. The third-order valence-corrected chi connectivity index (χ3v) is 16.5. The van der Waals surface area contributed by atoms with Crippen molar-refractivity contribution in [3.8, 4) is 113 Å². The zero-order chi connectivity index (χ0) is 62.1. The molecule has 0 amide bonds. The molecule has 8 heterocycles. The zero-order valence-electron chi connectivity index (χ0n) is 50.9. The normalized spacial score (nSPS) is 11.3. The summed E-state index contributed by atoms with van der Waals surface area (Å²) in [6.45, 7) is 8.33. The van der Waals surface area contributed by atoms with E-state index in [0.717, 1.165) is 139 Å². The van der Waals surface area contributed by atoms with Crippen molar-refractivity contribution in [1.82, 2.24) is 54.8 Å². The van der Waals surface area contributed by atoms with Gasteiger partial charge in [-0.25, -0.2) is 34.9 Å². The third-order valence-electron chi connectivity index (χ3n) is 16.5. The Bertz CT molecular complexity index is 4960. The largest absolute Gasteiger partial charge is 0.255 e. The molecule has 0 bridgehead atoms. The molecule has 0 N–H and O–H groups in total. The quantitative estimate of drug-likeness (QED) is 0.121. The number of nitrogens with zero attached hydrogens (tertiary/aromatic N) is 11. The van der Waals surface area contributed by atoms with E-state index in [4.69, 9.17) is 44.9 Å². The Morgan fingerprint density at radius 1 is 0.207 bits per heavy atom. The fourth-order valence-electron chi connectivity index (χ4n) is 11.9. The maximum atomic E-state index is 5.09. The van der Waals surface area contributed by atoms with Crippen LogP contribution >= 0.6 is 0 Å². The number of hydrogen-bond acceptors (Lipinski definition) is 11. The molecule has 0 saturated heterocycles. The summed E-state index contributed by atoms with van der Waals surface area (Å²) < 4.78 is 0. The van der Waals surface area contributed by atoms with Gasteiger partial charge in [-0.15, -0.1) is 0 Å². The number of aryl methyl sites for hydroxylation is 4. The lowest BCUT2D eigenvalue weighted by atomic mass is 10.00. The molecule has 0 aliphatic heterocycles. The van der Waals surface area contributed by atoms with Crippen LogP contribution in [-0.4, -0.2) is 54.8 Å². The predicted molar refractivity (Wildman–Crippen MR) is 372 cm³/mol. The van der Waals surface area contributed by atoms with Gasteiger partial charge in [0.25, 0.3) is 0 Å². The van der Waals surface area contributed by atoms with Crippen LogP contribution < -0.4 is 0 Å². The minimum atomic E-state index is 0.537. The van der Waals surface area contributed by atoms with Gasteiger partial charge in [-0.2, -0.15) is 0 Å². The topological polar surface area (TPSA) is 142 Å². The van der Waals surface area contributed by atoms with Crippen molar-refractivity contribution in [1.29, 1.82) is 0 Å². The second-order valence-corrected chi connectivity index (χ2v) is 22.9. The molecule has 0 fully saturated rings. The number of pyridine rings is 6. The van der Waals surface area contributed by atoms with Crippen molar-refractivity contribution >= 4 is 43.6 Å². The highest BCUT2D eigenvalue weighted by Crippen LogP contribution is 2.35. The molecule has 436 valence electrons. The van der Waals surface area contributed by atoms with Gasteiger partial charge in [0.2, 0.25) is 0 Å².